The van der Waals surface area contributed by atoms with E-state index in [-0.39, 0.29) is 11.7 Å². The minimum atomic E-state index is -0.285. The van der Waals surface area contributed by atoms with E-state index in [9.17, 15) is 9.18 Å². The van der Waals surface area contributed by atoms with Gasteiger partial charge in [0.25, 0.3) is 0 Å². The maximum Gasteiger partial charge on any atom is 0.224 e. The molecule has 1 aromatic heterocycles. The second-order valence-corrected chi connectivity index (χ2v) is 5.39. The Hall–Kier alpha value is -2.75. The molecular weight excluding hydrogens is 291 g/mol. The normalized spacial score (nSPS) is 10.7. The van der Waals surface area contributed by atoms with E-state index in [1.54, 1.807) is 12.3 Å². The Kier molecular flexibility index (Phi) is 4.33. The van der Waals surface area contributed by atoms with Crippen molar-refractivity contribution in [2.24, 2.45) is 0 Å². The fraction of sp³-hybridized carbons (Fsp3) is 0.158. The first-order chi connectivity index (χ1) is 11.2. The van der Waals surface area contributed by atoms with Crippen LogP contribution in [0.15, 0.2) is 54.7 Å². The highest BCUT2D eigenvalue weighted by Crippen LogP contribution is 2.23. The van der Waals surface area contributed by atoms with Crippen molar-refractivity contribution in [3.63, 3.8) is 0 Å². The van der Waals surface area contributed by atoms with Crippen molar-refractivity contribution in [2.45, 2.75) is 13.3 Å². The van der Waals surface area contributed by atoms with Crippen LogP contribution in [0.4, 0.5) is 4.39 Å². The van der Waals surface area contributed by atoms with Gasteiger partial charge in [0.05, 0.1) is 11.9 Å². The average molecular weight is 308 g/mol. The van der Waals surface area contributed by atoms with Gasteiger partial charge >= 0.3 is 0 Å². The number of pyridine rings is 1. The Morgan fingerprint density at radius 1 is 1.09 bits per heavy atom. The number of rotatable bonds is 4. The van der Waals surface area contributed by atoms with Crippen LogP contribution in [0.2, 0.25) is 0 Å². The van der Waals surface area contributed by atoms with Crippen molar-refractivity contribution in [1.82, 2.24) is 10.3 Å². The highest BCUT2D eigenvalue weighted by Gasteiger charge is 2.05. The van der Waals surface area contributed by atoms with Gasteiger partial charge in [-0.1, -0.05) is 24.3 Å². The van der Waals surface area contributed by atoms with E-state index in [2.05, 4.69) is 10.3 Å². The van der Waals surface area contributed by atoms with E-state index in [4.69, 9.17) is 0 Å². The summed E-state index contributed by atoms with van der Waals surface area (Å²) in [5, 5.41) is 3.68. The molecule has 0 unspecified atom stereocenters. The second-order valence-electron chi connectivity index (χ2n) is 5.39. The van der Waals surface area contributed by atoms with E-state index in [1.165, 1.54) is 12.1 Å². The molecule has 0 bridgehead atoms. The first-order valence-electron chi connectivity index (χ1n) is 7.57. The lowest BCUT2D eigenvalue weighted by Gasteiger charge is -2.06. The molecule has 116 valence electrons. The number of carbonyl (C=O) groups excluding carboxylic acids is 1. The molecule has 0 saturated carbocycles. The fourth-order valence-electron chi connectivity index (χ4n) is 2.51. The molecule has 0 saturated heterocycles. The number of amides is 1. The molecule has 3 nitrogen and oxygen atoms in total. The summed E-state index contributed by atoms with van der Waals surface area (Å²) in [5.74, 6) is -0.262. The molecule has 0 spiro atoms. The third-order valence-corrected chi connectivity index (χ3v) is 3.67. The Balaban J connectivity index is 1.84. The largest absolute Gasteiger partial charge is 0.356 e. The van der Waals surface area contributed by atoms with Gasteiger partial charge in [-0.05, 0) is 36.2 Å². The number of benzene rings is 2. The van der Waals surface area contributed by atoms with E-state index < -0.39 is 0 Å². The van der Waals surface area contributed by atoms with Gasteiger partial charge in [-0.3, -0.25) is 9.78 Å². The molecule has 4 heteroatoms. The quantitative estimate of drug-likeness (QED) is 0.798. The molecule has 3 rings (SSSR count). The van der Waals surface area contributed by atoms with Crippen LogP contribution in [-0.4, -0.2) is 17.4 Å². The summed E-state index contributed by atoms with van der Waals surface area (Å²) in [5.41, 5.74) is 3.59. The number of hydrogen-bond acceptors (Lipinski definition) is 2. The summed E-state index contributed by atoms with van der Waals surface area (Å²) in [7, 11) is 0. The van der Waals surface area contributed by atoms with Gasteiger partial charge in [-0.15, -0.1) is 0 Å². The predicted molar refractivity (Wildman–Crippen MR) is 89.5 cm³/mol. The maximum atomic E-state index is 13.2. The molecule has 0 atom stereocenters. The smallest absolute Gasteiger partial charge is 0.224 e. The van der Waals surface area contributed by atoms with Gasteiger partial charge in [-0.2, -0.15) is 0 Å². The topological polar surface area (TPSA) is 42.0 Å². The predicted octanol–water partition coefficient (Wildman–Crippen LogP) is 3.72. The number of likely N-dealkylation sites (N-methyl/N-ethyl adjacent to an activating group) is 1. The van der Waals surface area contributed by atoms with Crippen molar-refractivity contribution < 1.29 is 9.18 Å². The number of carbonyl (C=O) groups is 1. The zero-order chi connectivity index (χ0) is 16.2. The zero-order valence-electron chi connectivity index (χ0n) is 12.8. The summed E-state index contributed by atoms with van der Waals surface area (Å²) in [4.78, 5) is 15.9. The molecule has 1 heterocycles. The molecular formula is C19H17FN2O. The number of halogens is 1. The van der Waals surface area contributed by atoms with Crippen LogP contribution in [0, 0.1) is 5.82 Å². The van der Waals surface area contributed by atoms with Crippen LogP contribution in [0.5, 0.6) is 0 Å². The van der Waals surface area contributed by atoms with Crippen molar-refractivity contribution in [2.75, 3.05) is 6.54 Å². The standard InChI is InChI=1S/C19H17FN2O/c1-2-21-19(23)9-13-3-5-14(6-4-13)16-10-15-7-8-17(20)11-18(15)22-12-16/h3-8,10-12H,2,9H2,1H3,(H,21,23). The monoisotopic (exact) mass is 308 g/mol. The van der Waals surface area contributed by atoms with Gasteiger partial charge in [0.15, 0.2) is 0 Å². The zero-order valence-corrected chi connectivity index (χ0v) is 12.8. The minimum Gasteiger partial charge on any atom is -0.356 e. The van der Waals surface area contributed by atoms with Crippen molar-refractivity contribution in [1.29, 1.82) is 0 Å². The van der Waals surface area contributed by atoms with Crippen molar-refractivity contribution in [3.8, 4) is 11.1 Å². The molecule has 1 amide bonds. The minimum absolute atomic E-state index is 0.0228. The summed E-state index contributed by atoms with van der Waals surface area (Å²) in [6.45, 7) is 2.54. The third-order valence-electron chi connectivity index (χ3n) is 3.67. The Bertz CT molecular complexity index is 844. The SMILES string of the molecule is CCNC(=O)Cc1ccc(-c2cnc3cc(F)ccc3c2)cc1. The van der Waals surface area contributed by atoms with Crippen molar-refractivity contribution >= 4 is 16.8 Å². The molecule has 0 radical (unpaired) electrons. The van der Waals surface area contributed by atoms with E-state index in [0.717, 1.165) is 22.1 Å². The summed E-state index contributed by atoms with van der Waals surface area (Å²) in [6.07, 6.45) is 2.12. The van der Waals surface area contributed by atoms with Crippen LogP contribution in [0.1, 0.15) is 12.5 Å². The Morgan fingerprint density at radius 3 is 2.61 bits per heavy atom. The molecule has 0 aliphatic rings. The molecule has 0 aliphatic carbocycles. The third kappa shape index (κ3) is 3.54. The van der Waals surface area contributed by atoms with Gasteiger partial charge in [0.1, 0.15) is 5.82 Å². The number of hydrogen-bond donors (Lipinski definition) is 1. The van der Waals surface area contributed by atoms with Crippen LogP contribution in [0.25, 0.3) is 22.0 Å². The molecule has 1 N–H and O–H groups in total. The Labute approximate surface area is 134 Å². The number of nitrogens with one attached hydrogen (secondary N) is 1. The van der Waals surface area contributed by atoms with E-state index >= 15 is 0 Å². The molecule has 0 fully saturated rings. The van der Waals surface area contributed by atoms with Gasteiger partial charge in [-0.25, -0.2) is 4.39 Å². The summed E-state index contributed by atoms with van der Waals surface area (Å²) < 4.78 is 13.2. The molecule has 23 heavy (non-hydrogen) atoms. The first kappa shape index (κ1) is 15.2. The van der Waals surface area contributed by atoms with Crippen LogP contribution in [0.3, 0.4) is 0 Å². The van der Waals surface area contributed by atoms with Crippen LogP contribution < -0.4 is 5.32 Å². The lowest BCUT2D eigenvalue weighted by Crippen LogP contribution is -2.24. The summed E-state index contributed by atoms with van der Waals surface area (Å²) in [6, 6.07) is 14.4. The van der Waals surface area contributed by atoms with Gasteiger partial charge < -0.3 is 5.32 Å². The average Bonchev–Trinajstić information content (AvgIpc) is 2.55. The lowest BCUT2D eigenvalue weighted by molar-refractivity contribution is -0.120. The molecule has 2 aromatic carbocycles. The summed E-state index contributed by atoms with van der Waals surface area (Å²) >= 11 is 0. The number of fused-ring (bicyclic) bond motifs is 1. The number of nitrogens with zero attached hydrogens (tertiary/aromatic N) is 1. The highest BCUT2D eigenvalue weighted by molar-refractivity contribution is 5.83. The Morgan fingerprint density at radius 2 is 1.87 bits per heavy atom. The van der Waals surface area contributed by atoms with E-state index in [1.807, 2.05) is 37.3 Å². The fourth-order valence-corrected chi connectivity index (χ4v) is 2.51. The molecule has 3 aromatic rings. The lowest BCUT2D eigenvalue weighted by atomic mass is 10.0. The van der Waals surface area contributed by atoms with Crippen molar-refractivity contribution in [3.05, 3.63) is 66.1 Å². The number of aromatic nitrogens is 1. The highest BCUT2D eigenvalue weighted by atomic mass is 19.1. The first-order valence-corrected chi connectivity index (χ1v) is 7.57. The van der Waals surface area contributed by atoms with Gasteiger partial charge in [0.2, 0.25) is 5.91 Å². The van der Waals surface area contributed by atoms with Crippen LogP contribution in [-0.2, 0) is 11.2 Å². The van der Waals surface area contributed by atoms with E-state index in [0.29, 0.717) is 18.5 Å². The molecule has 0 aliphatic heterocycles. The van der Waals surface area contributed by atoms with Gasteiger partial charge in [0, 0.05) is 29.8 Å². The second kappa shape index (κ2) is 6.57. The van der Waals surface area contributed by atoms with Crippen LogP contribution >= 0.6 is 0 Å². The maximum absolute atomic E-state index is 13.2.